The Morgan fingerprint density at radius 3 is 1.70 bits per heavy atom. The van der Waals surface area contributed by atoms with Crippen molar-refractivity contribution in [3.63, 3.8) is 0 Å². The number of nitrogens with zero attached hydrogens (tertiary/aromatic N) is 4. The van der Waals surface area contributed by atoms with Gasteiger partial charge in [-0.05, 0) is 118 Å². The predicted octanol–water partition coefficient (Wildman–Crippen LogP) is 10.1. The molecule has 4 aromatic heterocycles. The molecule has 9 nitrogen and oxygen atoms in total. The fourth-order valence-corrected chi connectivity index (χ4v) is 8.30. The first-order valence-electron chi connectivity index (χ1n) is 19.2. The lowest BCUT2D eigenvalue weighted by atomic mass is 9.98. The molecular formula is C47H45BrN4O5. The molecular weight excluding hydrogens is 780 g/mol. The van der Waals surface area contributed by atoms with Crippen LogP contribution in [-0.4, -0.2) is 52.4 Å². The van der Waals surface area contributed by atoms with Gasteiger partial charge in [-0.25, -0.2) is 9.59 Å². The molecule has 2 saturated carbocycles. The second-order valence-electron chi connectivity index (χ2n) is 15.1. The van der Waals surface area contributed by atoms with Crippen LogP contribution in [0.25, 0.3) is 32.9 Å². The summed E-state index contributed by atoms with van der Waals surface area (Å²) in [6, 6.07) is 24.7. The number of aryl methyl sites for hydroxylation is 2. The Labute approximate surface area is 340 Å². The monoisotopic (exact) mass is 824 g/mol. The maximum atomic E-state index is 12.5. The smallest absolute Gasteiger partial charge is 0.339 e. The molecule has 0 radical (unpaired) electrons. The van der Waals surface area contributed by atoms with Gasteiger partial charge in [0, 0.05) is 89.1 Å². The molecule has 0 unspecified atom stereocenters. The van der Waals surface area contributed by atoms with Crippen LogP contribution in [0.2, 0.25) is 0 Å². The first-order chi connectivity index (χ1) is 27.6. The van der Waals surface area contributed by atoms with E-state index >= 15 is 0 Å². The van der Waals surface area contributed by atoms with Crippen LogP contribution in [0.1, 0.15) is 91.9 Å². The molecule has 0 bridgehead atoms. The topological polar surface area (TPSA) is 97.5 Å². The van der Waals surface area contributed by atoms with Gasteiger partial charge in [-0.15, -0.1) is 0 Å². The Balaban J connectivity index is 0.000000165. The van der Waals surface area contributed by atoms with Gasteiger partial charge in [0.2, 0.25) is 0 Å². The lowest BCUT2D eigenvalue weighted by Crippen LogP contribution is -2.09. The lowest BCUT2D eigenvalue weighted by Gasteiger charge is -2.10. The van der Waals surface area contributed by atoms with E-state index in [4.69, 9.17) is 14.2 Å². The number of carbonyl (C=O) groups is 2. The Bertz CT molecular complexity index is 2650. The molecule has 2 aliphatic rings. The number of fused-ring (bicyclic) bond motifs is 2. The molecule has 0 spiro atoms. The molecule has 2 fully saturated rings. The molecule has 7 aromatic rings. The van der Waals surface area contributed by atoms with Crippen molar-refractivity contribution in [1.29, 1.82) is 0 Å². The number of benzene rings is 3. The standard InChI is InChI=1S/C27H26N2O3.C20H19BrN2O2/c1-29-16-23(20-6-4-5-7-26(20)31-2)21-12-17(8-11-25(21)29)13-24-22(27(30)32-3)14-19(15-28-24)18-9-10-18;1-23-11-17(21)15-7-12(3-6-19(15)23)8-18-16(20(24)25-2)9-14(10-22-18)13-4-5-13/h4-8,11-12,14-16,18H,9-10,13H2,1-3H3;3,6-7,9-11,13H,4-5,8H2,1-2H3. The number of rotatable bonds is 10. The normalized spacial score (nSPS) is 13.6. The lowest BCUT2D eigenvalue weighted by molar-refractivity contribution is 0.0590. The summed E-state index contributed by atoms with van der Waals surface area (Å²) in [6.45, 7) is 0. The van der Waals surface area contributed by atoms with Crippen molar-refractivity contribution in [2.45, 2.75) is 50.4 Å². The maximum Gasteiger partial charge on any atom is 0.339 e. The van der Waals surface area contributed by atoms with Gasteiger partial charge in [0.15, 0.2) is 0 Å². The van der Waals surface area contributed by atoms with E-state index in [0.29, 0.717) is 35.8 Å². The van der Waals surface area contributed by atoms with Crippen LogP contribution in [0.4, 0.5) is 0 Å². The second-order valence-corrected chi connectivity index (χ2v) is 15.9. The molecule has 4 heterocycles. The highest BCUT2D eigenvalue weighted by atomic mass is 79.9. The van der Waals surface area contributed by atoms with E-state index in [0.717, 1.165) is 84.1 Å². The predicted molar refractivity (Wildman–Crippen MR) is 226 cm³/mol. The van der Waals surface area contributed by atoms with Gasteiger partial charge in [0.05, 0.1) is 43.8 Å². The van der Waals surface area contributed by atoms with E-state index in [-0.39, 0.29) is 11.9 Å². The molecule has 0 amide bonds. The fourth-order valence-electron chi connectivity index (χ4n) is 7.67. The number of aromatic nitrogens is 4. The van der Waals surface area contributed by atoms with Gasteiger partial charge in [-0.1, -0.05) is 30.3 Å². The zero-order valence-corrected chi connectivity index (χ0v) is 34.4. The number of pyridine rings is 2. The molecule has 57 heavy (non-hydrogen) atoms. The van der Waals surface area contributed by atoms with Crippen molar-refractivity contribution in [3.8, 4) is 16.9 Å². The SMILES string of the molecule is COC(=O)c1cc(C2CC2)cnc1Cc1ccc2c(c1)c(-c1ccccc1OC)cn2C.COC(=O)c1cc(C2CC2)cnc1Cc1ccc2c(c1)c(Br)cn2C. The quantitative estimate of drug-likeness (QED) is 0.127. The van der Waals surface area contributed by atoms with Crippen LogP contribution in [0, 0.1) is 0 Å². The van der Waals surface area contributed by atoms with Gasteiger partial charge in [-0.3, -0.25) is 9.97 Å². The largest absolute Gasteiger partial charge is 0.496 e. The number of hydrogen-bond acceptors (Lipinski definition) is 7. The highest BCUT2D eigenvalue weighted by molar-refractivity contribution is 9.10. The van der Waals surface area contributed by atoms with Gasteiger partial charge >= 0.3 is 11.9 Å². The van der Waals surface area contributed by atoms with Crippen LogP contribution in [-0.2, 0) is 36.4 Å². The Hall–Kier alpha value is -5.74. The molecule has 0 N–H and O–H groups in total. The van der Waals surface area contributed by atoms with Crippen molar-refractivity contribution in [3.05, 3.63) is 147 Å². The number of methoxy groups -OCH3 is 3. The van der Waals surface area contributed by atoms with Crippen LogP contribution >= 0.6 is 15.9 Å². The Kier molecular flexibility index (Phi) is 10.7. The first-order valence-corrected chi connectivity index (χ1v) is 20.0. The summed E-state index contributed by atoms with van der Waals surface area (Å²) in [7, 11) is 8.62. The van der Waals surface area contributed by atoms with Crippen LogP contribution < -0.4 is 4.74 Å². The first kappa shape index (κ1) is 38.1. The second kappa shape index (κ2) is 16.0. The Morgan fingerprint density at radius 1 is 0.667 bits per heavy atom. The van der Waals surface area contributed by atoms with E-state index in [1.165, 1.54) is 32.6 Å². The number of para-hydroxylation sites is 1. The molecule has 3 aromatic carbocycles. The number of halogens is 1. The van der Waals surface area contributed by atoms with E-state index < -0.39 is 0 Å². The van der Waals surface area contributed by atoms with Crippen molar-refractivity contribution in [2.24, 2.45) is 14.1 Å². The maximum absolute atomic E-state index is 12.5. The number of hydrogen-bond donors (Lipinski definition) is 0. The highest BCUT2D eigenvalue weighted by Gasteiger charge is 2.27. The van der Waals surface area contributed by atoms with Gasteiger partial charge in [0.1, 0.15) is 5.75 Å². The number of ether oxygens (including phenoxy) is 3. The van der Waals surface area contributed by atoms with Gasteiger partial charge in [-0.2, -0.15) is 0 Å². The van der Waals surface area contributed by atoms with E-state index in [1.807, 2.05) is 49.8 Å². The molecule has 10 heteroatoms. The van der Waals surface area contributed by atoms with E-state index in [2.05, 4.69) is 96.9 Å². The third-order valence-electron chi connectivity index (χ3n) is 11.1. The van der Waals surface area contributed by atoms with Crippen LogP contribution in [0.3, 0.4) is 0 Å². The average molecular weight is 826 g/mol. The zero-order chi connectivity index (χ0) is 39.8. The number of carbonyl (C=O) groups excluding carboxylic acids is 2. The van der Waals surface area contributed by atoms with Gasteiger partial charge < -0.3 is 23.3 Å². The van der Waals surface area contributed by atoms with E-state index in [1.54, 1.807) is 7.11 Å². The van der Waals surface area contributed by atoms with E-state index in [9.17, 15) is 9.59 Å². The summed E-state index contributed by atoms with van der Waals surface area (Å²) in [5.41, 5.74) is 11.6. The third kappa shape index (κ3) is 7.96. The van der Waals surface area contributed by atoms with Crippen molar-refractivity contribution in [1.82, 2.24) is 19.1 Å². The van der Waals surface area contributed by atoms with Crippen molar-refractivity contribution in [2.75, 3.05) is 21.3 Å². The molecule has 0 atom stereocenters. The van der Waals surface area contributed by atoms with Crippen molar-refractivity contribution >= 4 is 49.7 Å². The van der Waals surface area contributed by atoms with Crippen LogP contribution in [0.15, 0.2) is 102 Å². The summed E-state index contributed by atoms with van der Waals surface area (Å²) in [5.74, 6) is 1.29. The summed E-state index contributed by atoms with van der Waals surface area (Å²) in [4.78, 5) is 33.9. The summed E-state index contributed by atoms with van der Waals surface area (Å²) < 4.78 is 20.9. The summed E-state index contributed by atoms with van der Waals surface area (Å²) in [5, 5.41) is 2.30. The molecule has 2 aliphatic carbocycles. The van der Waals surface area contributed by atoms with Crippen molar-refractivity contribution < 1.29 is 23.8 Å². The Morgan fingerprint density at radius 2 is 1.18 bits per heavy atom. The minimum Gasteiger partial charge on any atom is -0.496 e. The highest BCUT2D eigenvalue weighted by Crippen LogP contribution is 2.42. The third-order valence-corrected chi connectivity index (χ3v) is 11.7. The molecule has 0 aliphatic heterocycles. The molecule has 0 saturated heterocycles. The molecule has 290 valence electrons. The minimum atomic E-state index is -0.328. The summed E-state index contributed by atoms with van der Waals surface area (Å²) in [6.07, 6.45) is 13.9. The van der Waals surface area contributed by atoms with Gasteiger partial charge in [0.25, 0.3) is 0 Å². The number of esters is 2. The minimum absolute atomic E-state index is 0.313. The summed E-state index contributed by atoms with van der Waals surface area (Å²) >= 11 is 3.61. The fraction of sp³-hybridized carbons (Fsp3) is 0.277. The average Bonchev–Trinajstić information content (AvgIpc) is 4.18. The molecule has 9 rings (SSSR count). The van der Waals surface area contributed by atoms with Crippen LogP contribution in [0.5, 0.6) is 5.75 Å². The zero-order valence-electron chi connectivity index (χ0n) is 32.8.